The molecule has 0 saturated carbocycles. The fourth-order valence-electron chi connectivity index (χ4n) is 1.86. The lowest BCUT2D eigenvalue weighted by atomic mass is 10.0. The van der Waals surface area contributed by atoms with Gasteiger partial charge in [0, 0.05) is 6.54 Å². The van der Waals surface area contributed by atoms with E-state index in [1.165, 1.54) is 0 Å². The Labute approximate surface area is 105 Å². The zero-order valence-corrected chi connectivity index (χ0v) is 10.3. The number of rotatable bonds is 3. The lowest BCUT2D eigenvalue weighted by molar-refractivity contribution is 0.171. The van der Waals surface area contributed by atoms with Gasteiger partial charge in [0.2, 0.25) is 0 Å². The summed E-state index contributed by atoms with van der Waals surface area (Å²) in [7, 11) is 0. The van der Waals surface area contributed by atoms with Crippen LogP contribution in [0.3, 0.4) is 0 Å². The lowest BCUT2D eigenvalue weighted by Crippen LogP contribution is -2.40. The number of nitrogens with one attached hydrogen (secondary N) is 2. The molecule has 0 bridgehead atoms. The van der Waals surface area contributed by atoms with Gasteiger partial charge >= 0.3 is 6.03 Å². The summed E-state index contributed by atoms with van der Waals surface area (Å²) in [5.41, 5.74) is 4.26. The summed E-state index contributed by atoms with van der Waals surface area (Å²) in [4.78, 5) is 10.9. The summed E-state index contributed by atoms with van der Waals surface area (Å²) in [6.07, 6.45) is 0.718. The molecule has 4 N–H and O–H groups in total. The molecule has 6 heteroatoms. The normalized spacial score (nSPS) is 13.0. The average Bonchev–Trinajstić information content (AvgIpc) is 2.39. The minimum atomic E-state index is -0.384. The van der Waals surface area contributed by atoms with Crippen LogP contribution in [0.5, 0.6) is 11.5 Å². The molecule has 0 aliphatic carbocycles. The first-order chi connectivity index (χ1) is 8.70. The van der Waals surface area contributed by atoms with Crippen molar-refractivity contribution in [3.8, 4) is 11.5 Å². The topological polar surface area (TPSA) is 85.6 Å². The van der Waals surface area contributed by atoms with Crippen molar-refractivity contribution in [3.05, 3.63) is 23.3 Å². The first-order valence-electron chi connectivity index (χ1n) is 5.84. The maximum atomic E-state index is 10.9. The van der Waals surface area contributed by atoms with Crippen LogP contribution in [0.15, 0.2) is 12.1 Å². The Morgan fingerprint density at radius 3 is 2.67 bits per heavy atom. The van der Waals surface area contributed by atoms with Crippen LogP contribution in [0, 0.1) is 6.92 Å². The molecule has 0 spiro atoms. The molecule has 6 nitrogen and oxygen atoms in total. The van der Waals surface area contributed by atoms with Crippen LogP contribution >= 0.6 is 0 Å². The third-order valence-electron chi connectivity index (χ3n) is 2.81. The van der Waals surface area contributed by atoms with Crippen molar-refractivity contribution in [3.63, 3.8) is 0 Å². The molecule has 1 aliphatic rings. The number of ether oxygens (including phenoxy) is 2. The Morgan fingerprint density at radius 2 is 2.00 bits per heavy atom. The summed E-state index contributed by atoms with van der Waals surface area (Å²) in [6.45, 7) is 3.69. The van der Waals surface area contributed by atoms with Gasteiger partial charge in [-0.15, -0.1) is 0 Å². The Bertz CT molecular complexity index is 448. The van der Waals surface area contributed by atoms with Gasteiger partial charge in [-0.2, -0.15) is 0 Å². The van der Waals surface area contributed by atoms with Crippen LogP contribution in [-0.4, -0.2) is 25.8 Å². The number of urea groups is 1. The van der Waals surface area contributed by atoms with E-state index in [0.29, 0.717) is 19.8 Å². The van der Waals surface area contributed by atoms with E-state index in [1.54, 1.807) is 0 Å². The van der Waals surface area contributed by atoms with Crippen molar-refractivity contribution in [2.75, 3.05) is 19.8 Å². The van der Waals surface area contributed by atoms with Crippen LogP contribution < -0.4 is 26.1 Å². The van der Waals surface area contributed by atoms with Crippen LogP contribution in [-0.2, 0) is 6.42 Å². The van der Waals surface area contributed by atoms with E-state index < -0.39 is 0 Å². The van der Waals surface area contributed by atoms with Crippen LogP contribution in [0.25, 0.3) is 0 Å². The fraction of sp³-hybridized carbons (Fsp3) is 0.417. The standard InChI is InChI=1S/C12H17N3O3/c1-8-6-10-11(18-5-4-17-10)7-9(8)2-3-14-12(16)15-13/h6-7H,2-5,13H2,1H3,(H2,14,15,16). The predicted molar refractivity (Wildman–Crippen MR) is 66.6 cm³/mol. The van der Waals surface area contributed by atoms with E-state index >= 15 is 0 Å². The molecule has 1 aliphatic heterocycles. The summed E-state index contributed by atoms with van der Waals surface area (Å²) < 4.78 is 11.0. The number of hydrazine groups is 1. The number of carbonyl (C=O) groups excluding carboxylic acids is 1. The summed E-state index contributed by atoms with van der Waals surface area (Å²) in [6, 6.07) is 3.55. The van der Waals surface area contributed by atoms with Crippen molar-refractivity contribution in [2.45, 2.75) is 13.3 Å². The Morgan fingerprint density at radius 1 is 1.33 bits per heavy atom. The number of amides is 2. The number of nitrogens with two attached hydrogens (primary N) is 1. The van der Waals surface area contributed by atoms with Gasteiger partial charge < -0.3 is 14.8 Å². The maximum absolute atomic E-state index is 10.9. The zero-order chi connectivity index (χ0) is 13.0. The number of aryl methyl sites for hydroxylation is 1. The van der Waals surface area contributed by atoms with Crippen LogP contribution in [0.4, 0.5) is 4.79 Å². The summed E-state index contributed by atoms with van der Waals surface area (Å²) >= 11 is 0. The number of hydrogen-bond acceptors (Lipinski definition) is 4. The highest BCUT2D eigenvalue weighted by molar-refractivity contribution is 5.73. The molecular formula is C12H17N3O3. The van der Waals surface area contributed by atoms with E-state index in [0.717, 1.165) is 29.0 Å². The van der Waals surface area contributed by atoms with Crippen LogP contribution in [0.2, 0.25) is 0 Å². The van der Waals surface area contributed by atoms with E-state index in [9.17, 15) is 4.79 Å². The van der Waals surface area contributed by atoms with Crippen molar-refractivity contribution in [1.29, 1.82) is 0 Å². The zero-order valence-electron chi connectivity index (χ0n) is 10.3. The smallest absolute Gasteiger partial charge is 0.328 e. The second kappa shape index (κ2) is 5.59. The Hall–Kier alpha value is -1.95. The molecule has 98 valence electrons. The van der Waals surface area contributed by atoms with E-state index in [-0.39, 0.29) is 6.03 Å². The largest absolute Gasteiger partial charge is 0.486 e. The van der Waals surface area contributed by atoms with Gasteiger partial charge in [-0.05, 0) is 36.6 Å². The molecule has 0 saturated heterocycles. The number of fused-ring (bicyclic) bond motifs is 1. The van der Waals surface area contributed by atoms with Gasteiger partial charge in [0.25, 0.3) is 0 Å². The van der Waals surface area contributed by atoms with E-state index in [2.05, 4.69) is 5.32 Å². The third-order valence-corrected chi connectivity index (χ3v) is 2.81. The minimum Gasteiger partial charge on any atom is -0.486 e. The lowest BCUT2D eigenvalue weighted by Gasteiger charge is -2.20. The van der Waals surface area contributed by atoms with E-state index in [1.807, 2.05) is 24.5 Å². The third kappa shape index (κ3) is 2.84. The van der Waals surface area contributed by atoms with Gasteiger partial charge in [0.05, 0.1) is 0 Å². The van der Waals surface area contributed by atoms with Crippen LogP contribution in [0.1, 0.15) is 11.1 Å². The van der Waals surface area contributed by atoms with Gasteiger partial charge in [-0.1, -0.05) is 0 Å². The Kier molecular flexibility index (Phi) is 3.88. The Balaban J connectivity index is 2.02. The van der Waals surface area contributed by atoms with E-state index in [4.69, 9.17) is 15.3 Å². The first-order valence-corrected chi connectivity index (χ1v) is 5.84. The molecule has 0 radical (unpaired) electrons. The molecule has 18 heavy (non-hydrogen) atoms. The van der Waals surface area contributed by atoms with Crippen molar-refractivity contribution in [2.24, 2.45) is 5.84 Å². The molecule has 1 aromatic carbocycles. The second-order valence-electron chi connectivity index (χ2n) is 4.07. The predicted octanol–water partition coefficient (Wildman–Crippen LogP) is 0.482. The highest BCUT2D eigenvalue weighted by atomic mass is 16.6. The monoisotopic (exact) mass is 251 g/mol. The molecule has 0 fully saturated rings. The van der Waals surface area contributed by atoms with Crippen molar-refractivity contribution in [1.82, 2.24) is 10.7 Å². The van der Waals surface area contributed by atoms with Crippen molar-refractivity contribution >= 4 is 6.03 Å². The molecular weight excluding hydrogens is 234 g/mol. The summed E-state index contributed by atoms with van der Waals surface area (Å²) in [5.74, 6) is 6.53. The molecule has 0 aromatic heterocycles. The molecule has 2 rings (SSSR count). The van der Waals surface area contributed by atoms with Gasteiger partial charge in [-0.3, -0.25) is 5.43 Å². The van der Waals surface area contributed by atoms with Gasteiger partial charge in [-0.25, -0.2) is 10.6 Å². The number of carbonyl (C=O) groups is 1. The maximum Gasteiger partial charge on any atom is 0.328 e. The molecule has 0 atom stereocenters. The first kappa shape index (κ1) is 12.5. The highest BCUT2D eigenvalue weighted by Gasteiger charge is 2.13. The van der Waals surface area contributed by atoms with Gasteiger partial charge in [0.1, 0.15) is 13.2 Å². The second-order valence-corrected chi connectivity index (χ2v) is 4.07. The molecule has 1 aromatic rings. The quantitative estimate of drug-likeness (QED) is 0.414. The van der Waals surface area contributed by atoms with Crippen molar-refractivity contribution < 1.29 is 14.3 Å². The fourth-order valence-corrected chi connectivity index (χ4v) is 1.86. The van der Waals surface area contributed by atoms with Gasteiger partial charge in [0.15, 0.2) is 11.5 Å². The molecule has 2 amide bonds. The minimum absolute atomic E-state index is 0.384. The molecule has 0 unspecified atom stereocenters. The summed E-state index contributed by atoms with van der Waals surface area (Å²) in [5, 5.41) is 2.64. The average molecular weight is 251 g/mol. The molecule has 1 heterocycles. The number of hydrogen-bond donors (Lipinski definition) is 3. The number of benzene rings is 1. The highest BCUT2D eigenvalue weighted by Crippen LogP contribution is 2.32. The SMILES string of the molecule is Cc1cc2c(cc1CCNC(=O)NN)OCCO2.